The fourth-order valence-electron chi connectivity index (χ4n) is 3.82. The number of anilines is 4. The Morgan fingerprint density at radius 1 is 1.09 bits per heavy atom. The highest BCUT2D eigenvalue weighted by atomic mass is 16.5. The largest absolute Gasteiger partial charge is 0.494 e. The van der Waals surface area contributed by atoms with Crippen LogP contribution in [0.2, 0.25) is 0 Å². The van der Waals surface area contributed by atoms with Crippen molar-refractivity contribution >= 4 is 45.8 Å². The van der Waals surface area contributed by atoms with E-state index in [1.165, 1.54) is 20.5 Å². The lowest BCUT2D eigenvalue weighted by atomic mass is 10.1. The minimum absolute atomic E-state index is 0.170. The second-order valence-electron chi connectivity index (χ2n) is 7.87. The summed E-state index contributed by atoms with van der Waals surface area (Å²) in [7, 11) is 2.85. The first-order chi connectivity index (χ1) is 17.1. The zero-order valence-corrected chi connectivity index (χ0v) is 19.7. The zero-order chi connectivity index (χ0) is 24.6. The van der Waals surface area contributed by atoms with Gasteiger partial charge in [0, 0.05) is 43.6 Å². The van der Waals surface area contributed by atoms with Gasteiger partial charge in [-0.2, -0.15) is 0 Å². The summed E-state index contributed by atoms with van der Waals surface area (Å²) in [6.07, 6.45) is 3.92. The lowest BCUT2D eigenvalue weighted by Crippen LogP contribution is -2.36. The van der Waals surface area contributed by atoms with Gasteiger partial charge in [0.15, 0.2) is 5.82 Å². The fourth-order valence-corrected chi connectivity index (χ4v) is 3.82. The SMILES string of the molecule is COC(=O)CCCC(=O)Nc1cc2c(Nc3ncccc3N3CCOCC3)ncnc2cc1OC. The van der Waals surface area contributed by atoms with Gasteiger partial charge in [-0.1, -0.05) is 0 Å². The molecule has 2 N–H and O–H groups in total. The predicted octanol–water partition coefficient (Wildman–Crippen LogP) is 2.90. The molecule has 1 saturated heterocycles. The van der Waals surface area contributed by atoms with Crippen LogP contribution in [0.1, 0.15) is 19.3 Å². The van der Waals surface area contributed by atoms with Crippen LogP contribution in [0.25, 0.3) is 10.9 Å². The molecule has 1 aliphatic rings. The first-order valence-corrected chi connectivity index (χ1v) is 11.3. The average molecular weight is 481 g/mol. The van der Waals surface area contributed by atoms with Crippen LogP contribution in [0.5, 0.6) is 5.75 Å². The van der Waals surface area contributed by atoms with Crippen LogP contribution >= 0.6 is 0 Å². The number of esters is 1. The van der Waals surface area contributed by atoms with Crippen molar-refractivity contribution < 1.29 is 23.8 Å². The summed E-state index contributed by atoms with van der Waals surface area (Å²) in [5, 5.41) is 6.89. The molecule has 0 spiro atoms. The molecular weight excluding hydrogens is 452 g/mol. The third kappa shape index (κ3) is 5.93. The fraction of sp³-hybridized carbons (Fsp3) is 0.375. The van der Waals surface area contributed by atoms with Crippen LogP contribution in [0.15, 0.2) is 36.8 Å². The van der Waals surface area contributed by atoms with Crippen molar-refractivity contribution in [1.82, 2.24) is 15.0 Å². The van der Waals surface area contributed by atoms with E-state index < -0.39 is 0 Å². The number of carbonyl (C=O) groups excluding carboxylic acids is 2. The van der Waals surface area contributed by atoms with Gasteiger partial charge in [-0.3, -0.25) is 9.59 Å². The number of rotatable bonds is 9. The molecular formula is C24H28N6O5. The first kappa shape index (κ1) is 24.1. The van der Waals surface area contributed by atoms with Gasteiger partial charge in [0.2, 0.25) is 5.91 Å². The first-order valence-electron chi connectivity index (χ1n) is 11.3. The number of hydrogen-bond donors (Lipinski definition) is 2. The second kappa shape index (κ2) is 11.4. The number of morpholine rings is 1. The van der Waals surface area contributed by atoms with E-state index in [0.717, 1.165) is 18.8 Å². The third-order valence-electron chi connectivity index (χ3n) is 5.62. The van der Waals surface area contributed by atoms with E-state index in [1.807, 2.05) is 12.1 Å². The number of methoxy groups -OCH3 is 2. The number of hydrogen-bond acceptors (Lipinski definition) is 10. The quantitative estimate of drug-likeness (QED) is 0.441. The Hall–Kier alpha value is -3.99. The second-order valence-corrected chi connectivity index (χ2v) is 7.87. The molecule has 11 heteroatoms. The standard InChI is InChI=1S/C24H28N6O5/c1-33-20-14-17-16(13-18(20)28-21(31)6-3-7-22(32)34-2)23(27-15-26-17)29-24-19(5-4-8-25-24)30-9-11-35-12-10-30/h4-5,8,13-15H,3,6-7,9-12H2,1-2H3,(H,28,31)(H,25,26,27,29). The molecule has 0 atom stereocenters. The van der Waals surface area contributed by atoms with E-state index in [4.69, 9.17) is 9.47 Å². The molecule has 3 heterocycles. The summed E-state index contributed by atoms with van der Waals surface area (Å²) in [4.78, 5) is 39.3. The molecule has 1 aliphatic heterocycles. The number of carbonyl (C=O) groups is 2. The number of fused-ring (bicyclic) bond motifs is 1. The number of benzene rings is 1. The van der Waals surface area contributed by atoms with Gasteiger partial charge in [0.05, 0.1) is 44.3 Å². The number of ether oxygens (including phenoxy) is 3. The maximum Gasteiger partial charge on any atom is 0.305 e. The minimum atomic E-state index is -0.347. The van der Waals surface area contributed by atoms with E-state index >= 15 is 0 Å². The van der Waals surface area contributed by atoms with Crippen LogP contribution in [-0.2, 0) is 19.1 Å². The van der Waals surface area contributed by atoms with E-state index in [1.54, 1.807) is 18.3 Å². The van der Waals surface area contributed by atoms with Crippen LogP contribution < -0.4 is 20.3 Å². The van der Waals surface area contributed by atoms with Crippen molar-refractivity contribution in [3.05, 3.63) is 36.8 Å². The van der Waals surface area contributed by atoms with Crippen LogP contribution in [0.3, 0.4) is 0 Å². The van der Waals surface area contributed by atoms with Crippen molar-refractivity contribution in [3.8, 4) is 5.75 Å². The van der Waals surface area contributed by atoms with Crippen LogP contribution in [0.4, 0.5) is 23.0 Å². The maximum absolute atomic E-state index is 12.5. The van der Waals surface area contributed by atoms with Gasteiger partial charge in [0.25, 0.3) is 0 Å². The maximum atomic E-state index is 12.5. The zero-order valence-electron chi connectivity index (χ0n) is 19.7. The van der Waals surface area contributed by atoms with Gasteiger partial charge in [-0.05, 0) is 24.6 Å². The monoisotopic (exact) mass is 480 g/mol. The molecule has 1 aromatic carbocycles. The van der Waals surface area contributed by atoms with Gasteiger partial charge < -0.3 is 29.7 Å². The van der Waals surface area contributed by atoms with Crippen molar-refractivity contribution in [3.63, 3.8) is 0 Å². The number of amides is 1. The van der Waals surface area contributed by atoms with E-state index in [-0.39, 0.29) is 24.7 Å². The molecule has 2 aromatic heterocycles. The number of nitrogens with zero attached hydrogens (tertiary/aromatic N) is 4. The Morgan fingerprint density at radius 2 is 1.91 bits per heavy atom. The van der Waals surface area contributed by atoms with E-state index in [0.29, 0.717) is 53.6 Å². The molecule has 11 nitrogen and oxygen atoms in total. The summed E-state index contributed by atoms with van der Waals surface area (Å²) in [5.41, 5.74) is 2.08. The van der Waals surface area contributed by atoms with Crippen molar-refractivity contribution in [1.29, 1.82) is 0 Å². The lowest BCUT2D eigenvalue weighted by Gasteiger charge is -2.30. The molecule has 0 aliphatic carbocycles. The normalized spacial score (nSPS) is 13.4. The molecule has 0 bridgehead atoms. The summed E-state index contributed by atoms with van der Waals surface area (Å²) >= 11 is 0. The van der Waals surface area contributed by atoms with Gasteiger partial charge >= 0.3 is 5.97 Å². The summed E-state index contributed by atoms with van der Waals surface area (Å²) in [5.74, 6) is 1.10. The Labute approximate surface area is 202 Å². The van der Waals surface area contributed by atoms with Gasteiger partial charge in [-0.15, -0.1) is 0 Å². The van der Waals surface area contributed by atoms with Crippen molar-refractivity contribution in [2.75, 3.05) is 56.1 Å². The highest BCUT2D eigenvalue weighted by molar-refractivity contribution is 6.00. The lowest BCUT2D eigenvalue weighted by molar-refractivity contribution is -0.140. The summed E-state index contributed by atoms with van der Waals surface area (Å²) in [6, 6.07) is 7.42. The number of pyridine rings is 1. The van der Waals surface area contributed by atoms with Crippen LogP contribution in [-0.4, -0.2) is 67.4 Å². The predicted molar refractivity (Wildman–Crippen MR) is 131 cm³/mol. The highest BCUT2D eigenvalue weighted by Gasteiger charge is 2.18. The number of aromatic nitrogens is 3. The Morgan fingerprint density at radius 3 is 2.69 bits per heavy atom. The van der Waals surface area contributed by atoms with Gasteiger partial charge in [-0.25, -0.2) is 15.0 Å². The smallest absolute Gasteiger partial charge is 0.305 e. The highest BCUT2D eigenvalue weighted by Crippen LogP contribution is 2.34. The molecule has 0 saturated carbocycles. The molecule has 0 unspecified atom stereocenters. The van der Waals surface area contributed by atoms with Gasteiger partial charge in [0.1, 0.15) is 17.9 Å². The van der Waals surface area contributed by atoms with Crippen LogP contribution in [0, 0.1) is 0 Å². The molecule has 4 rings (SSSR count). The Balaban J connectivity index is 1.59. The molecule has 1 fully saturated rings. The molecule has 1 amide bonds. The minimum Gasteiger partial charge on any atom is -0.494 e. The molecule has 0 radical (unpaired) electrons. The van der Waals surface area contributed by atoms with Crippen molar-refractivity contribution in [2.45, 2.75) is 19.3 Å². The molecule has 184 valence electrons. The number of nitrogens with one attached hydrogen (secondary N) is 2. The Kier molecular flexibility index (Phi) is 7.88. The summed E-state index contributed by atoms with van der Waals surface area (Å²) < 4.78 is 15.6. The summed E-state index contributed by atoms with van der Waals surface area (Å²) in [6.45, 7) is 2.86. The Bertz CT molecular complexity index is 1200. The topological polar surface area (TPSA) is 128 Å². The third-order valence-corrected chi connectivity index (χ3v) is 5.62. The van der Waals surface area contributed by atoms with E-state index in [9.17, 15) is 9.59 Å². The average Bonchev–Trinajstić information content (AvgIpc) is 2.89. The molecule has 35 heavy (non-hydrogen) atoms. The van der Waals surface area contributed by atoms with E-state index in [2.05, 4.69) is 35.2 Å². The van der Waals surface area contributed by atoms with Crippen molar-refractivity contribution in [2.24, 2.45) is 0 Å². The molecule has 3 aromatic rings.